The number of benzene rings is 1. The Bertz CT molecular complexity index is 437. The summed E-state index contributed by atoms with van der Waals surface area (Å²) < 4.78 is 41.0. The van der Waals surface area contributed by atoms with E-state index in [4.69, 9.17) is 5.73 Å². The molecule has 1 fully saturated rings. The highest BCUT2D eigenvalue weighted by atomic mass is 79.9. The highest BCUT2D eigenvalue weighted by molar-refractivity contribution is 9.10. The van der Waals surface area contributed by atoms with E-state index in [-0.39, 0.29) is 24.2 Å². The molecule has 0 bridgehead atoms. The summed E-state index contributed by atoms with van der Waals surface area (Å²) >= 11 is 3.18. The van der Waals surface area contributed by atoms with E-state index in [1.165, 1.54) is 12.1 Å². The molecule has 0 aromatic heterocycles. The zero-order valence-electron chi connectivity index (χ0n) is 9.91. The van der Waals surface area contributed by atoms with Crippen LogP contribution in [0.25, 0.3) is 0 Å². The predicted octanol–water partition coefficient (Wildman–Crippen LogP) is 4.57. The number of halogens is 5. The van der Waals surface area contributed by atoms with Gasteiger partial charge in [0.2, 0.25) is 0 Å². The zero-order valence-corrected chi connectivity index (χ0v) is 12.3. The molecule has 0 radical (unpaired) electrons. The third-order valence-corrected chi connectivity index (χ3v) is 3.63. The zero-order chi connectivity index (χ0) is 13.3. The second-order valence-corrected chi connectivity index (χ2v) is 5.40. The van der Waals surface area contributed by atoms with Gasteiger partial charge in [0.05, 0.1) is 0 Å². The van der Waals surface area contributed by atoms with Crippen LogP contribution in [0.1, 0.15) is 30.9 Å². The standard InChI is InChI=1S/C12H13BrF3NO.ClH/c13-9-4-8(11(17)7-2-1-3-7)5-10(6-9)18-12(14,15)16;/h4-7,11H,1-3,17H2;1H/t11-;/m0./s1. The van der Waals surface area contributed by atoms with Crippen molar-refractivity contribution in [3.05, 3.63) is 28.2 Å². The molecular weight excluding hydrogens is 346 g/mol. The molecule has 1 aromatic rings. The molecule has 0 heterocycles. The average Bonchev–Trinajstić information content (AvgIpc) is 2.10. The van der Waals surface area contributed by atoms with E-state index in [0.29, 0.717) is 16.0 Å². The highest BCUT2D eigenvalue weighted by Crippen LogP contribution is 2.38. The molecule has 0 amide bonds. The predicted molar refractivity (Wildman–Crippen MR) is 72.3 cm³/mol. The van der Waals surface area contributed by atoms with Crippen LogP contribution < -0.4 is 10.5 Å². The molecule has 1 atom stereocenters. The van der Waals surface area contributed by atoms with E-state index in [2.05, 4.69) is 20.7 Å². The van der Waals surface area contributed by atoms with Crippen LogP contribution in [0.15, 0.2) is 22.7 Å². The maximum absolute atomic E-state index is 12.2. The topological polar surface area (TPSA) is 35.2 Å². The Hall–Kier alpha value is -0.460. The summed E-state index contributed by atoms with van der Waals surface area (Å²) in [5.41, 5.74) is 6.72. The van der Waals surface area contributed by atoms with Crippen molar-refractivity contribution in [2.45, 2.75) is 31.7 Å². The van der Waals surface area contributed by atoms with Crippen molar-refractivity contribution in [3.8, 4) is 5.75 Å². The van der Waals surface area contributed by atoms with Gasteiger partial charge in [0, 0.05) is 10.5 Å². The van der Waals surface area contributed by atoms with Gasteiger partial charge in [0.1, 0.15) is 5.75 Å². The van der Waals surface area contributed by atoms with E-state index in [1.807, 2.05) is 0 Å². The van der Waals surface area contributed by atoms with E-state index >= 15 is 0 Å². The van der Waals surface area contributed by atoms with E-state index < -0.39 is 6.36 Å². The van der Waals surface area contributed by atoms with Crippen LogP contribution in [-0.2, 0) is 0 Å². The van der Waals surface area contributed by atoms with Crippen LogP contribution >= 0.6 is 28.3 Å². The minimum absolute atomic E-state index is 0. The summed E-state index contributed by atoms with van der Waals surface area (Å²) in [6.07, 6.45) is -1.48. The van der Waals surface area contributed by atoms with E-state index in [1.54, 1.807) is 6.07 Å². The fourth-order valence-corrected chi connectivity index (χ4v) is 2.53. The first-order valence-electron chi connectivity index (χ1n) is 5.67. The lowest BCUT2D eigenvalue weighted by atomic mass is 9.77. The van der Waals surface area contributed by atoms with Gasteiger partial charge in [0.15, 0.2) is 0 Å². The molecule has 1 aliphatic carbocycles. The fourth-order valence-electron chi connectivity index (χ4n) is 2.04. The Balaban J connectivity index is 0.00000180. The minimum Gasteiger partial charge on any atom is -0.406 e. The maximum atomic E-state index is 12.2. The van der Waals surface area contributed by atoms with Gasteiger partial charge < -0.3 is 10.5 Å². The quantitative estimate of drug-likeness (QED) is 0.857. The molecule has 108 valence electrons. The van der Waals surface area contributed by atoms with Crippen LogP contribution in [0.5, 0.6) is 5.75 Å². The molecule has 0 spiro atoms. The molecule has 1 aliphatic rings. The molecule has 0 unspecified atom stereocenters. The molecule has 7 heteroatoms. The molecule has 2 nitrogen and oxygen atoms in total. The molecule has 2 N–H and O–H groups in total. The van der Waals surface area contributed by atoms with Crippen molar-refractivity contribution in [1.82, 2.24) is 0 Å². The molecular formula is C12H14BrClF3NO. The van der Waals surface area contributed by atoms with Crippen LogP contribution in [0, 0.1) is 5.92 Å². The van der Waals surface area contributed by atoms with Gasteiger partial charge in [-0.1, -0.05) is 22.4 Å². The lowest BCUT2D eigenvalue weighted by Crippen LogP contribution is -2.27. The van der Waals surface area contributed by atoms with Crippen LogP contribution in [0.2, 0.25) is 0 Å². The van der Waals surface area contributed by atoms with Crippen LogP contribution in [-0.4, -0.2) is 6.36 Å². The molecule has 1 saturated carbocycles. The van der Waals surface area contributed by atoms with Crippen molar-refractivity contribution < 1.29 is 17.9 Å². The van der Waals surface area contributed by atoms with Crippen LogP contribution in [0.3, 0.4) is 0 Å². The summed E-state index contributed by atoms with van der Waals surface area (Å²) in [5.74, 6) is 0.125. The smallest absolute Gasteiger partial charge is 0.406 e. The number of rotatable bonds is 3. The highest BCUT2D eigenvalue weighted by Gasteiger charge is 2.32. The second kappa shape index (κ2) is 6.33. The van der Waals surface area contributed by atoms with Gasteiger partial charge in [-0.3, -0.25) is 0 Å². The van der Waals surface area contributed by atoms with Crippen molar-refractivity contribution in [1.29, 1.82) is 0 Å². The summed E-state index contributed by atoms with van der Waals surface area (Å²) in [4.78, 5) is 0. The number of hydrogen-bond donors (Lipinski definition) is 1. The van der Waals surface area contributed by atoms with Gasteiger partial charge in [-0.05, 0) is 42.5 Å². The average molecular weight is 361 g/mol. The Morgan fingerprint density at radius 2 is 1.89 bits per heavy atom. The van der Waals surface area contributed by atoms with Gasteiger partial charge in [0.25, 0.3) is 0 Å². The second-order valence-electron chi connectivity index (χ2n) is 4.48. The minimum atomic E-state index is -4.68. The Morgan fingerprint density at radius 1 is 1.26 bits per heavy atom. The third-order valence-electron chi connectivity index (χ3n) is 3.17. The first-order valence-corrected chi connectivity index (χ1v) is 6.46. The normalized spacial score (nSPS) is 17.3. The number of alkyl halides is 3. The van der Waals surface area contributed by atoms with Gasteiger partial charge in [-0.25, -0.2) is 0 Å². The van der Waals surface area contributed by atoms with Crippen molar-refractivity contribution >= 4 is 28.3 Å². The lowest BCUT2D eigenvalue weighted by molar-refractivity contribution is -0.274. The summed E-state index contributed by atoms with van der Waals surface area (Å²) in [7, 11) is 0. The fraction of sp³-hybridized carbons (Fsp3) is 0.500. The third kappa shape index (κ3) is 4.54. The molecule has 0 aliphatic heterocycles. The molecule has 2 rings (SSSR count). The lowest BCUT2D eigenvalue weighted by Gasteiger charge is -2.31. The summed E-state index contributed by atoms with van der Waals surface area (Å²) in [6.45, 7) is 0. The van der Waals surface area contributed by atoms with Gasteiger partial charge in [-0.15, -0.1) is 25.6 Å². The van der Waals surface area contributed by atoms with Crippen molar-refractivity contribution in [3.63, 3.8) is 0 Å². The SMILES string of the molecule is Cl.N[C@H](c1cc(Br)cc(OC(F)(F)F)c1)C1CCC1. The first kappa shape index (κ1) is 16.6. The van der Waals surface area contributed by atoms with Crippen molar-refractivity contribution in [2.75, 3.05) is 0 Å². The van der Waals surface area contributed by atoms with E-state index in [9.17, 15) is 13.2 Å². The summed E-state index contributed by atoms with van der Waals surface area (Å²) in [6, 6.07) is 4.16. The van der Waals surface area contributed by atoms with Crippen LogP contribution in [0.4, 0.5) is 13.2 Å². The Morgan fingerprint density at radius 3 is 2.37 bits per heavy atom. The number of hydrogen-bond acceptors (Lipinski definition) is 2. The number of ether oxygens (including phenoxy) is 1. The molecule has 0 saturated heterocycles. The Labute approximate surface area is 124 Å². The molecule has 1 aromatic carbocycles. The van der Waals surface area contributed by atoms with Gasteiger partial charge >= 0.3 is 6.36 Å². The maximum Gasteiger partial charge on any atom is 0.573 e. The Kier molecular flexibility index (Phi) is 5.53. The van der Waals surface area contributed by atoms with Crippen molar-refractivity contribution in [2.24, 2.45) is 11.7 Å². The van der Waals surface area contributed by atoms with E-state index in [0.717, 1.165) is 19.3 Å². The molecule has 19 heavy (non-hydrogen) atoms. The monoisotopic (exact) mass is 359 g/mol. The first-order chi connectivity index (χ1) is 8.35. The largest absolute Gasteiger partial charge is 0.573 e. The summed E-state index contributed by atoms with van der Waals surface area (Å²) in [5, 5.41) is 0. The van der Waals surface area contributed by atoms with Gasteiger partial charge in [-0.2, -0.15) is 0 Å². The number of nitrogens with two attached hydrogens (primary N) is 1.